The SMILES string of the molecule is O=S1(=O)CCC(Cn2c(CCl)nc3cc(Cl)cnc32)C1. The summed E-state index contributed by atoms with van der Waals surface area (Å²) in [6, 6.07) is 1.74. The Morgan fingerprint density at radius 2 is 2.25 bits per heavy atom. The fraction of sp³-hybridized carbons (Fsp3) is 0.500. The Morgan fingerprint density at radius 1 is 1.45 bits per heavy atom. The number of hydrogen-bond acceptors (Lipinski definition) is 4. The number of sulfone groups is 1. The van der Waals surface area contributed by atoms with E-state index in [1.54, 1.807) is 12.3 Å². The van der Waals surface area contributed by atoms with Crippen molar-refractivity contribution in [2.45, 2.75) is 18.8 Å². The van der Waals surface area contributed by atoms with Gasteiger partial charge >= 0.3 is 0 Å². The fourth-order valence-electron chi connectivity index (χ4n) is 2.60. The van der Waals surface area contributed by atoms with E-state index in [0.717, 1.165) is 0 Å². The number of rotatable bonds is 3. The molecule has 1 fully saturated rings. The summed E-state index contributed by atoms with van der Waals surface area (Å²) >= 11 is 11.8. The summed E-state index contributed by atoms with van der Waals surface area (Å²) in [7, 11) is -2.89. The molecule has 0 aliphatic carbocycles. The quantitative estimate of drug-likeness (QED) is 0.808. The van der Waals surface area contributed by atoms with Crippen LogP contribution in [0, 0.1) is 5.92 Å². The molecule has 0 saturated carbocycles. The summed E-state index contributed by atoms with van der Waals surface area (Å²) in [5.74, 6) is 1.53. The van der Waals surface area contributed by atoms with Gasteiger partial charge in [0.1, 0.15) is 11.3 Å². The van der Waals surface area contributed by atoms with Crippen molar-refractivity contribution in [3.63, 3.8) is 0 Å². The van der Waals surface area contributed by atoms with E-state index in [1.165, 1.54) is 0 Å². The highest BCUT2D eigenvalue weighted by molar-refractivity contribution is 7.91. The second-order valence-electron chi connectivity index (χ2n) is 5.04. The molecule has 8 heteroatoms. The third-order valence-corrected chi connectivity index (χ3v) is 5.80. The van der Waals surface area contributed by atoms with Crippen molar-refractivity contribution in [2.75, 3.05) is 11.5 Å². The summed E-state index contributed by atoms with van der Waals surface area (Å²) in [6.07, 6.45) is 2.24. The zero-order valence-corrected chi connectivity index (χ0v) is 12.9. The molecule has 1 unspecified atom stereocenters. The van der Waals surface area contributed by atoms with Gasteiger partial charge in [0.25, 0.3) is 0 Å². The van der Waals surface area contributed by atoms with Crippen LogP contribution in [0.25, 0.3) is 11.2 Å². The number of fused-ring (bicyclic) bond motifs is 1. The van der Waals surface area contributed by atoms with Crippen LogP contribution < -0.4 is 0 Å². The van der Waals surface area contributed by atoms with Crippen LogP contribution in [0.3, 0.4) is 0 Å². The lowest BCUT2D eigenvalue weighted by Gasteiger charge is -2.11. The van der Waals surface area contributed by atoms with Crippen LogP contribution in [0.15, 0.2) is 12.3 Å². The van der Waals surface area contributed by atoms with E-state index >= 15 is 0 Å². The predicted octanol–water partition coefficient (Wildman–Crippen LogP) is 2.26. The van der Waals surface area contributed by atoms with Gasteiger partial charge in [-0.3, -0.25) is 0 Å². The molecule has 0 aromatic carbocycles. The Balaban J connectivity index is 1.98. The topological polar surface area (TPSA) is 64.8 Å². The minimum atomic E-state index is -2.89. The lowest BCUT2D eigenvalue weighted by molar-refractivity contribution is 0.489. The number of halogens is 2. The summed E-state index contributed by atoms with van der Waals surface area (Å²) in [6.45, 7) is 0.576. The monoisotopic (exact) mass is 333 g/mol. The highest BCUT2D eigenvalue weighted by Gasteiger charge is 2.29. The Bertz CT molecular complexity index is 757. The van der Waals surface area contributed by atoms with E-state index < -0.39 is 9.84 Å². The third-order valence-electron chi connectivity index (χ3n) is 3.52. The van der Waals surface area contributed by atoms with Gasteiger partial charge in [0.15, 0.2) is 15.5 Å². The smallest absolute Gasteiger partial charge is 0.160 e. The highest BCUT2D eigenvalue weighted by atomic mass is 35.5. The second-order valence-corrected chi connectivity index (χ2v) is 7.97. The summed E-state index contributed by atoms with van der Waals surface area (Å²) in [5, 5.41) is 0.520. The predicted molar refractivity (Wildman–Crippen MR) is 78.9 cm³/mol. The first kappa shape index (κ1) is 14.1. The number of nitrogens with zero attached hydrogens (tertiary/aromatic N) is 3. The standard InChI is InChI=1S/C12H13Cl2N3O2S/c13-4-11-16-10-3-9(14)5-15-12(10)17(11)6-8-1-2-20(18,19)7-8/h3,5,8H,1-2,4,6-7H2. The van der Waals surface area contributed by atoms with Crippen molar-refractivity contribution in [1.29, 1.82) is 0 Å². The first-order chi connectivity index (χ1) is 9.48. The van der Waals surface area contributed by atoms with Crippen molar-refractivity contribution < 1.29 is 8.42 Å². The molecular formula is C12H13Cl2N3O2S. The van der Waals surface area contributed by atoms with Crippen LogP contribution in [-0.2, 0) is 22.3 Å². The van der Waals surface area contributed by atoms with Gasteiger partial charge in [-0.15, -0.1) is 11.6 Å². The Morgan fingerprint density at radius 3 is 2.90 bits per heavy atom. The average molecular weight is 334 g/mol. The van der Waals surface area contributed by atoms with E-state index in [4.69, 9.17) is 23.2 Å². The van der Waals surface area contributed by atoms with Crippen LogP contribution in [0.4, 0.5) is 0 Å². The zero-order valence-electron chi connectivity index (χ0n) is 10.6. The maximum Gasteiger partial charge on any atom is 0.160 e. The molecule has 1 aliphatic heterocycles. The molecule has 0 bridgehead atoms. The van der Waals surface area contributed by atoms with Gasteiger partial charge in [-0.25, -0.2) is 18.4 Å². The van der Waals surface area contributed by atoms with Gasteiger partial charge in [0, 0.05) is 12.7 Å². The van der Waals surface area contributed by atoms with Gasteiger partial charge in [0.05, 0.1) is 22.4 Å². The van der Waals surface area contributed by atoms with Crippen molar-refractivity contribution in [3.8, 4) is 0 Å². The van der Waals surface area contributed by atoms with E-state index in [2.05, 4.69) is 9.97 Å². The minimum absolute atomic E-state index is 0.0943. The molecule has 5 nitrogen and oxygen atoms in total. The molecule has 1 aliphatic rings. The molecule has 1 atom stereocenters. The fourth-order valence-corrected chi connectivity index (χ4v) is 4.81. The van der Waals surface area contributed by atoms with E-state index in [9.17, 15) is 8.42 Å². The maximum absolute atomic E-state index is 11.5. The van der Waals surface area contributed by atoms with Crippen LogP contribution in [0.5, 0.6) is 0 Å². The number of alkyl halides is 1. The molecule has 20 heavy (non-hydrogen) atoms. The molecule has 3 heterocycles. The maximum atomic E-state index is 11.5. The summed E-state index contributed by atoms with van der Waals surface area (Å²) in [5.41, 5.74) is 1.39. The summed E-state index contributed by atoms with van der Waals surface area (Å²) < 4.78 is 25.0. The minimum Gasteiger partial charge on any atom is -0.311 e. The van der Waals surface area contributed by atoms with Crippen molar-refractivity contribution >= 4 is 44.2 Å². The molecule has 108 valence electrons. The van der Waals surface area contributed by atoms with Gasteiger partial charge < -0.3 is 4.57 Å². The number of pyridine rings is 1. The molecule has 0 N–H and O–H groups in total. The Kier molecular flexibility index (Phi) is 3.64. The molecule has 0 spiro atoms. The van der Waals surface area contributed by atoms with Crippen LogP contribution >= 0.6 is 23.2 Å². The average Bonchev–Trinajstić information content (AvgIpc) is 2.90. The van der Waals surface area contributed by atoms with Crippen LogP contribution in [0.2, 0.25) is 5.02 Å². The lowest BCUT2D eigenvalue weighted by Crippen LogP contribution is -2.14. The van der Waals surface area contributed by atoms with Crippen molar-refractivity contribution in [2.24, 2.45) is 5.92 Å². The normalized spacial score (nSPS) is 21.6. The van der Waals surface area contributed by atoms with E-state index in [1.807, 2.05) is 4.57 Å². The zero-order chi connectivity index (χ0) is 14.3. The summed E-state index contributed by atoms with van der Waals surface area (Å²) in [4.78, 5) is 8.69. The van der Waals surface area contributed by atoms with E-state index in [0.29, 0.717) is 35.0 Å². The molecule has 2 aromatic rings. The van der Waals surface area contributed by atoms with Gasteiger partial charge in [0.2, 0.25) is 0 Å². The van der Waals surface area contributed by atoms with E-state index in [-0.39, 0.29) is 23.3 Å². The number of hydrogen-bond donors (Lipinski definition) is 0. The first-order valence-electron chi connectivity index (χ1n) is 6.25. The molecule has 1 saturated heterocycles. The molecule has 3 rings (SSSR count). The molecular weight excluding hydrogens is 321 g/mol. The molecule has 0 radical (unpaired) electrons. The number of imidazole rings is 1. The Labute approximate surface area is 126 Å². The van der Waals surface area contributed by atoms with Crippen molar-refractivity contribution in [3.05, 3.63) is 23.1 Å². The Hall–Kier alpha value is -0.850. The van der Waals surface area contributed by atoms with Gasteiger partial charge in [-0.2, -0.15) is 0 Å². The third kappa shape index (κ3) is 2.64. The highest BCUT2D eigenvalue weighted by Crippen LogP contribution is 2.25. The molecule has 0 amide bonds. The van der Waals surface area contributed by atoms with Gasteiger partial charge in [-0.1, -0.05) is 11.6 Å². The van der Waals surface area contributed by atoms with Gasteiger partial charge in [-0.05, 0) is 18.4 Å². The molecule has 2 aromatic heterocycles. The first-order valence-corrected chi connectivity index (χ1v) is 8.99. The van der Waals surface area contributed by atoms with Crippen LogP contribution in [-0.4, -0.2) is 34.5 Å². The van der Waals surface area contributed by atoms with Crippen molar-refractivity contribution in [1.82, 2.24) is 14.5 Å². The number of aromatic nitrogens is 3. The second kappa shape index (κ2) is 5.16. The van der Waals surface area contributed by atoms with Crippen LogP contribution in [0.1, 0.15) is 12.2 Å². The largest absolute Gasteiger partial charge is 0.311 e. The lowest BCUT2D eigenvalue weighted by atomic mass is 10.1.